The quantitative estimate of drug-likeness (QED) is 0.807. The zero-order valence-corrected chi connectivity index (χ0v) is 13.7. The molecule has 2 rings (SSSR count). The van der Waals surface area contributed by atoms with Crippen molar-refractivity contribution in [1.82, 2.24) is 0 Å². The average Bonchev–Trinajstić information content (AvgIpc) is 3.03. The fourth-order valence-electron chi connectivity index (χ4n) is 2.82. The number of rotatable bonds is 6. The van der Waals surface area contributed by atoms with Gasteiger partial charge in [0.15, 0.2) is 0 Å². The summed E-state index contributed by atoms with van der Waals surface area (Å²) in [5, 5.41) is 11.5. The van der Waals surface area contributed by atoms with E-state index in [9.17, 15) is 22.8 Å². The molecule has 1 amide bonds. The van der Waals surface area contributed by atoms with Crippen molar-refractivity contribution in [2.24, 2.45) is 11.8 Å². The maximum Gasteiger partial charge on any atom is 0.416 e. The number of halogens is 3. The van der Waals surface area contributed by atoms with E-state index in [-0.39, 0.29) is 17.9 Å². The fraction of sp³-hybridized carbons (Fsp3) is 0.529. The van der Waals surface area contributed by atoms with Crippen LogP contribution in [0, 0.1) is 11.8 Å². The predicted octanol–water partition coefficient (Wildman–Crippen LogP) is 3.93. The number of carboxylic acids is 1. The highest BCUT2D eigenvalue weighted by Crippen LogP contribution is 2.37. The molecule has 0 radical (unpaired) electrons. The van der Waals surface area contributed by atoms with Gasteiger partial charge in [-0.05, 0) is 43.9 Å². The van der Waals surface area contributed by atoms with E-state index in [1.807, 2.05) is 6.92 Å². The van der Waals surface area contributed by atoms with Gasteiger partial charge < -0.3 is 15.2 Å². The molecular weight excluding hydrogens is 339 g/mol. The zero-order valence-electron chi connectivity index (χ0n) is 13.7. The molecule has 0 unspecified atom stereocenters. The van der Waals surface area contributed by atoms with Crippen LogP contribution < -0.4 is 10.1 Å². The number of aliphatic carboxylic acids is 1. The summed E-state index contributed by atoms with van der Waals surface area (Å²) in [6.45, 7) is 2.16. The van der Waals surface area contributed by atoms with Gasteiger partial charge in [-0.2, -0.15) is 13.2 Å². The standard InChI is InChI=1S/C17H20F3NO4/c1-2-7-25-14-6-5-12(17(18,19)20)9-13(14)21-15(22)10-3-4-11(8-10)16(23)24/h5-6,9-11H,2-4,7-8H2,1H3,(H,21,22)(H,23,24)/t10-,11+/m1/s1. The number of nitrogens with one attached hydrogen (secondary N) is 1. The van der Waals surface area contributed by atoms with Gasteiger partial charge in [0.2, 0.25) is 5.91 Å². The first-order valence-electron chi connectivity index (χ1n) is 8.10. The van der Waals surface area contributed by atoms with Crippen LogP contribution in [0.3, 0.4) is 0 Å². The van der Waals surface area contributed by atoms with Crippen LogP contribution in [0.25, 0.3) is 0 Å². The first-order chi connectivity index (χ1) is 11.7. The molecule has 0 bridgehead atoms. The molecule has 138 valence electrons. The lowest BCUT2D eigenvalue weighted by molar-refractivity contribution is -0.141. The monoisotopic (exact) mass is 359 g/mol. The molecule has 1 aliphatic rings. The maximum absolute atomic E-state index is 12.9. The van der Waals surface area contributed by atoms with Gasteiger partial charge in [-0.15, -0.1) is 0 Å². The maximum atomic E-state index is 12.9. The number of carboxylic acid groups (broad SMARTS) is 1. The Morgan fingerprint density at radius 1 is 1.28 bits per heavy atom. The topological polar surface area (TPSA) is 75.6 Å². The molecule has 0 aliphatic heterocycles. The van der Waals surface area contributed by atoms with E-state index in [1.54, 1.807) is 0 Å². The van der Waals surface area contributed by atoms with Gasteiger partial charge in [0.25, 0.3) is 0 Å². The van der Waals surface area contributed by atoms with Crippen LogP contribution in [-0.4, -0.2) is 23.6 Å². The van der Waals surface area contributed by atoms with Crippen molar-refractivity contribution in [3.05, 3.63) is 23.8 Å². The molecule has 0 aromatic heterocycles. The third kappa shape index (κ3) is 4.87. The van der Waals surface area contributed by atoms with Crippen molar-refractivity contribution in [2.75, 3.05) is 11.9 Å². The number of carbonyl (C=O) groups is 2. The Morgan fingerprint density at radius 2 is 1.96 bits per heavy atom. The average molecular weight is 359 g/mol. The van der Waals surface area contributed by atoms with Crippen LogP contribution >= 0.6 is 0 Å². The van der Waals surface area contributed by atoms with Gasteiger partial charge in [-0.3, -0.25) is 9.59 Å². The van der Waals surface area contributed by atoms with Gasteiger partial charge in [0, 0.05) is 5.92 Å². The third-order valence-corrected chi connectivity index (χ3v) is 4.18. The number of alkyl halides is 3. The molecule has 25 heavy (non-hydrogen) atoms. The molecule has 2 N–H and O–H groups in total. The van der Waals surface area contributed by atoms with Gasteiger partial charge in [0.1, 0.15) is 5.75 Å². The number of hydrogen-bond donors (Lipinski definition) is 2. The SMILES string of the molecule is CCCOc1ccc(C(F)(F)F)cc1NC(=O)[C@@H]1CC[C@H](C(=O)O)C1. The first-order valence-corrected chi connectivity index (χ1v) is 8.10. The second-order valence-electron chi connectivity index (χ2n) is 6.09. The second-order valence-corrected chi connectivity index (χ2v) is 6.09. The van der Waals surface area contributed by atoms with Gasteiger partial charge >= 0.3 is 12.1 Å². The van der Waals surface area contributed by atoms with Crippen LogP contribution in [0.4, 0.5) is 18.9 Å². The van der Waals surface area contributed by atoms with Gasteiger partial charge in [-0.25, -0.2) is 0 Å². The Balaban J connectivity index is 2.17. The zero-order chi connectivity index (χ0) is 18.6. The largest absolute Gasteiger partial charge is 0.491 e. The van der Waals surface area contributed by atoms with E-state index in [0.29, 0.717) is 25.9 Å². The number of carbonyl (C=O) groups excluding carboxylic acids is 1. The van der Waals surface area contributed by atoms with Crippen molar-refractivity contribution >= 4 is 17.6 Å². The van der Waals surface area contributed by atoms with E-state index < -0.39 is 35.5 Å². The summed E-state index contributed by atoms with van der Waals surface area (Å²) < 4.78 is 44.1. The molecule has 5 nitrogen and oxygen atoms in total. The van der Waals surface area contributed by atoms with E-state index >= 15 is 0 Å². The van der Waals surface area contributed by atoms with Crippen molar-refractivity contribution in [3.63, 3.8) is 0 Å². The van der Waals surface area contributed by atoms with Crippen LogP contribution in [0.2, 0.25) is 0 Å². The molecule has 8 heteroatoms. The third-order valence-electron chi connectivity index (χ3n) is 4.18. The van der Waals surface area contributed by atoms with Crippen molar-refractivity contribution in [1.29, 1.82) is 0 Å². The van der Waals surface area contributed by atoms with E-state index in [1.165, 1.54) is 6.07 Å². The van der Waals surface area contributed by atoms with E-state index in [4.69, 9.17) is 9.84 Å². The molecule has 1 saturated carbocycles. The van der Waals surface area contributed by atoms with Crippen LogP contribution in [0.1, 0.15) is 38.2 Å². The lowest BCUT2D eigenvalue weighted by atomic mass is 10.0. The highest BCUT2D eigenvalue weighted by Gasteiger charge is 2.35. The Kier molecular flexibility index (Phi) is 5.92. The Hall–Kier alpha value is -2.25. The number of ether oxygens (including phenoxy) is 1. The van der Waals surface area contributed by atoms with Crippen LogP contribution in [-0.2, 0) is 15.8 Å². The predicted molar refractivity (Wildman–Crippen MR) is 84.3 cm³/mol. The Morgan fingerprint density at radius 3 is 2.52 bits per heavy atom. The number of amides is 1. The Bertz CT molecular complexity index is 645. The lowest BCUT2D eigenvalue weighted by Crippen LogP contribution is -2.22. The van der Waals surface area contributed by atoms with Gasteiger partial charge in [0.05, 0.1) is 23.8 Å². The summed E-state index contributed by atoms with van der Waals surface area (Å²) in [4.78, 5) is 23.3. The van der Waals surface area contributed by atoms with Crippen molar-refractivity contribution in [3.8, 4) is 5.75 Å². The minimum atomic E-state index is -4.54. The summed E-state index contributed by atoms with van der Waals surface area (Å²) in [5.74, 6) is -2.40. The number of anilines is 1. The summed E-state index contributed by atoms with van der Waals surface area (Å²) >= 11 is 0. The van der Waals surface area contributed by atoms with Gasteiger partial charge in [-0.1, -0.05) is 6.92 Å². The lowest BCUT2D eigenvalue weighted by Gasteiger charge is -2.17. The molecule has 0 heterocycles. The molecule has 1 fully saturated rings. The molecule has 1 aliphatic carbocycles. The normalized spacial score (nSPS) is 20.3. The van der Waals surface area contributed by atoms with E-state index in [2.05, 4.69) is 5.32 Å². The number of benzene rings is 1. The van der Waals surface area contributed by atoms with Crippen molar-refractivity contribution in [2.45, 2.75) is 38.8 Å². The molecule has 1 aromatic carbocycles. The molecule has 0 saturated heterocycles. The minimum Gasteiger partial charge on any atom is -0.491 e. The molecule has 2 atom stereocenters. The smallest absolute Gasteiger partial charge is 0.416 e. The Labute approximate surface area is 143 Å². The first kappa shape index (κ1) is 19.1. The summed E-state index contributed by atoms with van der Waals surface area (Å²) in [5.41, 5.74) is -0.937. The summed E-state index contributed by atoms with van der Waals surface area (Å²) in [7, 11) is 0. The minimum absolute atomic E-state index is 0.0490. The number of hydrogen-bond acceptors (Lipinski definition) is 3. The molecule has 1 aromatic rings. The second kappa shape index (κ2) is 7.76. The molecule has 0 spiro atoms. The van der Waals surface area contributed by atoms with Crippen LogP contribution in [0.15, 0.2) is 18.2 Å². The fourth-order valence-corrected chi connectivity index (χ4v) is 2.82. The highest BCUT2D eigenvalue weighted by atomic mass is 19.4. The summed E-state index contributed by atoms with van der Waals surface area (Å²) in [6, 6.07) is 2.92. The van der Waals surface area contributed by atoms with Crippen molar-refractivity contribution < 1.29 is 32.6 Å². The van der Waals surface area contributed by atoms with E-state index in [0.717, 1.165) is 12.1 Å². The molecular formula is C17H20F3NO4. The summed E-state index contributed by atoms with van der Waals surface area (Å²) in [6.07, 6.45) is -2.91. The van der Waals surface area contributed by atoms with Crippen LogP contribution in [0.5, 0.6) is 5.75 Å². The highest BCUT2D eigenvalue weighted by molar-refractivity contribution is 5.94.